The van der Waals surface area contributed by atoms with Gasteiger partial charge < -0.3 is 9.84 Å². The fourth-order valence-corrected chi connectivity index (χ4v) is 2.67. The van der Waals surface area contributed by atoms with Gasteiger partial charge in [0.25, 0.3) is 0 Å². The van der Waals surface area contributed by atoms with E-state index < -0.39 is 0 Å². The highest BCUT2D eigenvalue weighted by molar-refractivity contribution is 6.06. The molecule has 0 heterocycles. The van der Waals surface area contributed by atoms with Crippen molar-refractivity contribution < 1.29 is 14.6 Å². The third-order valence-corrected chi connectivity index (χ3v) is 3.78. The van der Waals surface area contributed by atoms with Crippen molar-refractivity contribution in [3.8, 4) is 5.75 Å². The van der Waals surface area contributed by atoms with E-state index in [1.807, 2.05) is 48.5 Å². The fraction of sp³-hybridized carbons (Fsp3) is 0.105. The van der Waals surface area contributed by atoms with Crippen LogP contribution < -0.4 is 0 Å². The molecule has 0 aromatic heterocycles. The Morgan fingerprint density at radius 2 is 1.68 bits per heavy atom. The Hall–Kier alpha value is -2.81. The molecule has 3 aromatic rings. The lowest BCUT2D eigenvalue weighted by Crippen LogP contribution is -2.07. The lowest BCUT2D eigenvalue weighted by Gasteiger charge is -2.12. The third kappa shape index (κ3) is 2.53. The zero-order chi connectivity index (χ0) is 15.5. The van der Waals surface area contributed by atoms with Crippen LogP contribution in [0, 0.1) is 0 Å². The molecule has 3 nitrogen and oxygen atoms in total. The Kier molecular flexibility index (Phi) is 3.79. The topological polar surface area (TPSA) is 46.5 Å². The van der Waals surface area contributed by atoms with E-state index >= 15 is 0 Å². The predicted octanol–water partition coefficient (Wildman–Crippen LogP) is 3.92. The van der Waals surface area contributed by atoms with Crippen LogP contribution >= 0.6 is 0 Å². The van der Waals surface area contributed by atoms with Gasteiger partial charge in [-0.25, -0.2) is 4.79 Å². The fourth-order valence-electron chi connectivity index (χ4n) is 2.67. The van der Waals surface area contributed by atoms with Crippen LogP contribution in [-0.4, -0.2) is 18.2 Å². The van der Waals surface area contributed by atoms with Crippen LogP contribution in [-0.2, 0) is 11.2 Å². The van der Waals surface area contributed by atoms with E-state index in [1.165, 1.54) is 7.11 Å². The molecule has 0 spiro atoms. The van der Waals surface area contributed by atoms with Crippen molar-refractivity contribution in [3.05, 3.63) is 77.4 Å². The Morgan fingerprint density at radius 3 is 2.45 bits per heavy atom. The number of phenolic OH excluding ortho intramolecular Hbond substituents is 1. The SMILES string of the molecule is COC(=O)c1c(Cc2ccccc2O)ccc2ccccc12. The Labute approximate surface area is 128 Å². The summed E-state index contributed by atoms with van der Waals surface area (Å²) in [5.74, 6) is -0.131. The smallest absolute Gasteiger partial charge is 0.338 e. The van der Waals surface area contributed by atoms with Gasteiger partial charge in [0.2, 0.25) is 0 Å². The molecular weight excluding hydrogens is 276 g/mol. The predicted molar refractivity (Wildman–Crippen MR) is 86.2 cm³/mol. The molecule has 22 heavy (non-hydrogen) atoms. The second kappa shape index (κ2) is 5.90. The largest absolute Gasteiger partial charge is 0.508 e. The van der Waals surface area contributed by atoms with Gasteiger partial charge in [-0.15, -0.1) is 0 Å². The van der Waals surface area contributed by atoms with Crippen LogP contribution in [0.4, 0.5) is 0 Å². The van der Waals surface area contributed by atoms with Gasteiger partial charge >= 0.3 is 5.97 Å². The van der Waals surface area contributed by atoms with E-state index in [1.54, 1.807) is 12.1 Å². The van der Waals surface area contributed by atoms with E-state index in [0.29, 0.717) is 12.0 Å². The number of para-hydroxylation sites is 1. The first-order chi connectivity index (χ1) is 10.7. The number of esters is 1. The molecule has 0 unspecified atom stereocenters. The summed E-state index contributed by atoms with van der Waals surface area (Å²) in [6.07, 6.45) is 0.474. The number of carbonyl (C=O) groups excluding carboxylic acids is 1. The third-order valence-electron chi connectivity index (χ3n) is 3.78. The number of benzene rings is 3. The van der Waals surface area contributed by atoms with E-state index in [4.69, 9.17) is 4.74 Å². The zero-order valence-electron chi connectivity index (χ0n) is 12.2. The molecule has 0 saturated carbocycles. The summed E-state index contributed by atoms with van der Waals surface area (Å²) >= 11 is 0. The van der Waals surface area contributed by atoms with Gasteiger partial charge in [0, 0.05) is 6.42 Å². The van der Waals surface area contributed by atoms with Crippen molar-refractivity contribution >= 4 is 16.7 Å². The minimum Gasteiger partial charge on any atom is -0.508 e. The minimum absolute atomic E-state index is 0.228. The second-order valence-corrected chi connectivity index (χ2v) is 5.12. The average Bonchev–Trinajstić information content (AvgIpc) is 2.56. The molecule has 3 aromatic carbocycles. The van der Waals surface area contributed by atoms with Gasteiger partial charge in [0.05, 0.1) is 12.7 Å². The summed E-state index contributed by atoms with van der Waals surface area (Å²) in [7, 11) is 1.38. The number of aromatic hydroxyl groups is 1. The van der Waals surface area contributed by atoms with Gasteiger partial charge in [0.15, 0.2) is 0 Å². The lowest BCUT2D eigenvalue weighted by molar-refractivity contribution is 0.0602. The van der Waals surface area contributed by atoms with Gasteiger partial charge in [-0.1, -0.05) is 54.6 Å². The average molecular weight is 292 g/mol. The van der Waals surface area contributed by atoms with Crippen LogP contribution in [0.15, 0.2) is 60.7 Å². The molecule has 0 aliphatic carbocycles. The van der Waals surface area contributed by atoms with Crippen molar-refractivity contribution in [1.82, 2.24) is 0 Å². The molecule has 3 rings (SSSR count). The summed E-state index contributed by atoms with van der Waals surface area (Å²) in [5.41, 5.74) is 2.18. The van der Waals surface area contributed by atoms with Crippen molar-refractivity contribution in [2.75, 3.05) is 7.11 Å². The first-order valence-corrected chi connectivity index (χ1v) is 7.06. The summed E-state index contributed by atoms with van der Waals surface area (Å²) < 4.78 is 4.95. The van der Waals surface area contributed by atoms with Gasteiger partial charge in [-0.3, -0.25) is 0 Å². The Bertz CT molecular complexity index is 837. The number of ether oxygens (including phenoxy) is 1. The van der Waals surface area contributed by atoms with Gasteiger partial charge in [0.1, 0.15) is 5.75 Å². The maximum absolute atomic E-state index is 12.2. The Balaban J connectivity index is 2.17. The van der Waals surface area contributed by atoms with Crippen molar-refractivity contribution in [3.63, 3.8) is 0 Å². The molecule has 0 saturated heterocycles. The molecule has 0 radical (unpaired) electrons. The van der Waals surface area contributed by atoms with Crippen molar-refractivity contribution in [1.29, 1.82) is 0 Å². The Morgan fingerprint density at radius 1 is 0.955 bits per heavy atom. The number of hydrogen-bond donors (Lipinski definition) is 1. The van der Waals surface area contributed by atoms with Crippen LogP contribution in [0.3, 0.4) is 0 Å². The number of carbonyl (C=O) groups is 1. The maximum Gasteiger partial charge on any atom is 0.338 e. The van der Waals surface area contributed by atoms with E-state index in [9.17, 15) is 9.90 Å². The molecule has 3 heteroatoms. The van der Waals surface area contributed by atoms with Crippen LogP contribution in [0.25, 0.3) is 10.8 Å². The molecular formula is C19H16O3. The van der Waals surface area contributed by atoms with Gasteiger partial charge in [-0.05, 0) is 28.0 Å². The molecule has 0 atom stereocenters. The summed E-state index contributed by atoms with van der Waals surface area (Å²) in [5, 5.41) is 11.8. The molecule has 0 aliphatic rings. The highest BCUT2D eigenvalue weighted by Gasteiger charge is 2.16. The highest BCUT2D eigenvalue weighted by atomic mass is 16.5. The molecule has 110 valence electrons. The molecule has 1 N–H and O–H groups in total. The zero-order valence-corrected chi connectivity index (χ0v) is 12.2. The molecule has 0 amide bonds. The first-order valence-electron chi connectivity index (χ1n) is 7.06. The summed E-state index contributed by atoms with van der Waals surface area (Å²) in [4.78, 5) is 12.2. The number of fused-ring (bicyclic) bond motifs is 1. The minimum atomic E-state index is -0.359. The van der Waals surface area contributed by atoms with Crippen LogP contribution in [0.1, 0.15) is 21.5 Å². The lowest BCUT2D eigenvalue weighted by atomic mass is 9.94. The van der Waals surface area contributed by atoms with E-state index in [-0.39, 0.29) is 11.7 Å². The van der Waals surface area contributed by atoms with Crippen LogP contribution in [0.5, 0.6) is 5.75 Å². The van der Waals surface area contributed by atoms with Gasteiger partial charge in [-0.2, -0.15) is 0 Å². The number of rotatable bonds is 3. The van der Waals surface area contributed by atoms with E-state index in [2.05, 4.69) is 0 Å². The number of phenols is 1. The van der Waals surface area contributed by atoms with E-state index in [0.717, 1.165) is 21.9 Å². The van der Waals surface area contributed by atoms with Crippen LogP contribution in [0.2, 0.25) is 0 Å². The second-order valence-electron chi connectivity index (χ2n) is 5.12. The monoisotopic (exact) mass is 292 g/mol. The standard InChI is InChI=1S/C19H16O3/c1-22-19(21)18-15(12-14-7-3-5-9-17(14)20)11-10-13-6-2-4-8-16(13)18/h2-11,20H,12H2,1H3. The highest BCUT2D eigenvalue weighted by Crippen LogP contribution is 2.27. The maximum atomic E-state index is 12.2. The molecule has 0 fully saturated rings. The summed E-state index contributed by atoms with van der Waals surface area (Å²) in [6, 6.07) is 18.8. The first kappa shape index (κ1) is 14.1. The molecule has 0 aliphatic heterocycles. The van der Waals surface area contributed by atoms with Crippen molar-refractivity contribution in [2.24, 2.45) is 0 Å². The summed E-state index contributed by atoms with van der Waals surface area (Å²) in [6.45, 7) is 0. The number of hydrogen-bond acceptors (Lipinski definition) is 3. The van der Waals surface area contributed by atoms with Crippen molar-refractivity contribution in [2.45, 2.75) is 6.42 Å². The molecule has 0 bridgehead atoms. The normalized spacial score (nSPS) is 10.6. The number of methoxy groups -OCH3 is 1. The quantitative estimate of drug-likeness (QED) is 0.744.